The Bertz CT molecular complexity index is 2890. The van der Waals surface area contributed by atoms with Gasteiger partial charge in [-0.15, -0.1) is 0 Å². The van der Waals surface area contributed by atoms with Crippen LogP contribution in [-0.2, 0) is 13.2 Å². The lowest BCUT2D eigenvalue weighted by Gasteiger charge is -2.35. The molecule has 0 radical (unpaired) electrons. The van der Waals surface area contributed by atoms with Crippen molar-refractivity contribution in [3.8, 4) is 11.8 Å². The molecule has 18 nitrogen and oxygen atoms in total. The number of hydrogen-bond donors (Lipinski definition) is 4. The minimum Gasteiger partial charge on any atom is -0.455 e. The largest absolute Gasteiger partial charge is 0.455 e. The van der Waals surface area contributed by atoms with Crippen LogP contribution in [0.25, 0.3) is 0 Å². The number of carbonyl (C=O) groups excluding carboxylic acids is 2. The summed E-state index contributed by atoms with van der Waals surface area (Å²) in [7, 11) is 4.24. The van der Waals surface area contributed by atoms with Gasteiger partial charge in [-0.05, 0) is 81.0 Å². The van der Waals surface area contributed by atoms with Crippen LogP contribution in [0.4, 0.5) is 40.1 Å². The summed E-state index contributed by atoms with van der Waals surface area (Å²) in [5.41, 5.74) is 12.3. The van der Waals surface area contributed by atoms with Crippen molar-refractivity contribution in [3.05, 3.63) is 128 Å². The number of fused-ring (bicyclic) bond motifs is 2. The first-order valence-electron chi connectivity index (χ1n) is 22.7. The van der Waals surface area contributed by atoms with E-state index >= 15 is 0 Å². The molecule has 2 fully saturated rings. The molecule has 0 unspecified atom stereocenters. The molecule has 4 aromatic carbocycles. The number of rotatable bonds is 9. The smallest absolute Gasteiger partial charge is 0.268 e. The number of amides is 2. The van der Waals surface area contributed by atoms with E-state index in [1.54, 1.807) is 36.4 Å². The molecule has 0 aliphatic carbocycles. The van der Waals surface area contributed by atoms with Crippen molar-refractivity contribution < 1.29 is 29.3 Å². The lowest BCUT2D eigenvalue weighted by Crippen LogP contribution is -2.44. The Kier molecular flexibility index (Phi) is 17.3. The Hall–Kier alpha value is -5.87. The summed E-state index contributed by atoms with van der Waals surface area (Å²) >= 11 is 26.2. The summed E-state index contributed by atoms with van der Waals surface area (Å²) in [6.45, 7) is 7.80. The van der Waals surface area contributed by atoms with Gasteiger partial charge >= 0.3 is 0 Å². The van der Waals surface area contributed by atoms with Crippen molar-refractivity contribution >= 4 is 110 Å². The molecule has 4 aliphatic rings. The number of halogens is 4. The number of carbonyl (C=O) groups is 2. The Morgan fingerprint density at radius 2 is 1.10 bits per heavy atom. The van der Waals surface area contributed by atoms with Crippen molar-refractivity contribution in [2.75, 3.05) is 117 Å². The number of hydrogen-bond acceptors (Lipinski definition) is 17. The van der Waals surface area contributed by atoms with Gasteiger partial charge in [0.05, 0.1) is 44.7 Å². The third-order valence-corrected chi connectivity index (χ3v) is 13.9. The maximum atomic E-state index is 13.1. The van der Waals surface area contributed by atoms with Crippen molar-refractivity contribution in [3.63, 3.8) is 0 Å². The molecule has 378 valence electrons. The molecule has 2 aromatic heterocycles. The van der Waals surface area contributed by atoms with Gasteiger partial charge in [-0.3, -0.25) is 19.4 Å². The number of nitrogens with one attached hydrogen (secondary N) is 1. The summed E-state index contributed by atoms with van der Waals surface area (Å²) in [5, 5.41) is 24.4. The molecule has 6 heterocycles. The van der Waals surface area contributed by atoms with E-state index in [0.717, 1.165) is 80.5 Å². The number of piperazine rings is 2. The Labute approximate surface area is 441 Å². The molecule has 0 atom stereocenters. The number of benzene rings is 4. The minimum absolute atomic E-state index is 0.000120. The van der Waals surface area contributed by atoms with E-state index in [1.807, 2.05) is 42.7 Å². The van der Waals surface area contributed by atoms with E-state index in [0.29, 0.717) is 42.3 Å². The highest BCUT2D eigenvalue weighted by atomic mass is 35.5. The molecule has 2 saturated heterocycles. The highest BCUT2D eigenvalue weighted by Crippen LogP contribution is 2.39. The summed E-state index contributed by atoms with van der Waals surface area (Å²) in [6.07, 6.45) is 4.71. The molecule has 23 heteroatoms. The van der Waals surface area contributed by atoms with Crippen LogP contribution in [0.1, 0.15) is 31.8 Å². The number of para-hydroxylation sites is 2. The average Bonchev–Trinajstić information content (AvgIpc) is 3.38. The monoisotopic (exact) mass is 1080 g/mol. The quantitative estimate of drug-likeness (QED) is 0.0620. The first kappa shape index (κ1) is 52.5. The first-order valence-corrected chi connectivity index (χ1v) is 25.4. The fourth-order valence-corrected chi connectivity index (χ4v) is 9.77. The van der Waals surface area contributed by atoms with Gasteiger partial charge in [0.2, 0.25) is 17.7 Å². The van der Waals surface area contributed by atoms with Crippen LogP contribution in [0.15, 0.2) is 90.3 Å². The molecule has 10 rings (SSSR count). The topological polar surface area (TPSA) is 202 Å². The van der Waals surface area contributed by atoms with Crippen LogP contribution in [-0.4, -0.2) is 138 Å². The van der Waals surface area contributed by atoms with E-state index in [-0.39, 0.29) is 67.3 Å². The van der Waals surface area contributed by atoms with E-state index in [9.17, 15) is 19.8 Å². The number of aliphatic hydroxyl groups excluding tert-OH is 2. The number of nitrogens with two attached hydrogens (primary N) is 1. The minimum atomic E-state index is -0.355. The van der Waals surface area contributed by atoms with Crippen molar-refractivity contribution in [1.82, 2.24) is 29.7 Å². The molecule has 0 bridgehead atoms. The molecule has 2 amide bonds. The molecule has 0 saturated carbocycles. The molecule has 72 heavy (non-hydrogen) atoms. The molecule has 4 aliphatic heterocycles. The molecule has 0 spiro atoms. The SMILES string of the molecule is CN1CCN(c2ccc(N)cc2CO)CC1.CN1CCN(c2ccc(Nc3ncc4c(n3)OCN(c3c(Cl)cccc3Cl)C4=O)cc2CO)CC1.CSc1ncc2c(n1)OCN(c1c(Cl)cccc1Cl)C2=O. The van der Waals surface area contributed by atoms with Crippen LogP contribution in [0, 0.1) is 0 Å². The third-order valence-electron chi connectivity index (χ3n) is 12.2. The van der Waals surface area contributed by atoms with Gasteiger partial charge < -0.3 is 50.3 Å². The number of anilines is 7. The number of ether oxygens (including phenoxy) is 2. The number of thioether (sulfide) groups is 1. The Morgan fingerprint density at radius 3 is 1.58 bits per heavy atom. The van der Waals surface area contributed by atoms with Gasteiger partial charge in [-0.25, -0.2) is 9.97 Å². The number of nitrogen functional groups attached to an aromatic ring is 1. The predicted molar refractivity (Wildman–Crippen MR) is 285 cm³/mol. The zero-order chi connectivity index (χ0) is 51.1. The first-order chi connectivity index (χ1) is 34.8. The zero-order valence-corrected chi connectivity index (χ0v) is 43.4. The third kappa shape index (κ3) is 12.0. The lowest BCUT2D eigenvalue weighted by atomic mass is 10.1. The molecular formula is C49H52Cl4N12O6S. The van der Waals surface area contributed by atoms with Gasteiger partial charge in [0.1, 0.15) is 11.1 Å². The normalized spacial score (nSPS) is 15.8. The fraction of sp³-hybridized carbons (Fsp3) is 0.306. The average molecular weight is 1080 g/mol. The van der Waals surface area contributed by atoms with E-state index in [4.69, 9.17) is 61.6 Å². The highest BCUT2D eigenvalue weighted by molar-refractivity contribution is 7.98. The van der Waals surface area contributed by atoms with Crippen LogP contribution in [0.5, 0.6) is 11.8 Å². The van der Waals surface area contributed by atoms with Crippen LogP contribution < -0.4 is 40.1 Å². The zero-order valence-electron chi connectivity index (χ0n) is 39.6. The summed E-state index contributed by atoms with van der Waals surface area (Å²) in [5.74, 6) is 0.0740. The number of aromatic nitrogens is 4. The van der Waals surface area contributed by atoms with Crippen molar-refractivity contribution in [2.45, 2.75) is 18.4 Å². The lowest BCUT2D eigenvalue weighted by molar-refractivity contribution is 0.0923. The summed E-state index contributed by atoms with van der Waals surface area (Å²) in [6, 6.07) is 21.6. The molecular weight excluding hydrogens is 1030 g/mol. The maximum Gasteiger partial charge on any atom is 0.268 e. The Morgan fingerprint density at radius 1 is 0.639 bits per heavy atom. The second kappa shape index (κ2) is 23.8. The summed E-state index contributed by atoms with van der Waals surface area (Å²) < 4.78 is 11.3. The molecule has 5 N–H and O–H groups in total. The van der Waals surface area contributed by atoms with Crippen molar-refractivity contribution in [1.29, 1.82) is 0 Å². The maximum absolute atomic E-state index is 13.1. The van der Waals surface area contributed by atoms with Gasteiger partial charge in [-0.2, -0.15) is 9.97 Å². The van der Waals surface area contributed by atoms with Crippen LogP contribution in [0.3, 0.4) is 0 Å². The van der Waals surface area contributed by atoms with Gasteiger partial charge in [0.25, 0.3) is 11.8 Å². The second-order valence-corrected chi connectivity index (χ2v) is 19.3. The highest BCUT2D eigenvalue weighted by Gasteiger charge is 2.33. The Balaban J connectivity index is 0.000000159. The van der Waals surface area contributed by atoms with E-state index < -0.39 is 0 Å². The van der Waals surface area contributed by atoms with Gasteiger partial charge in [0.15, 0.2) is 18.6 Å². The number of nitrogens with zero attached hydrogens (tertiary/aromatic N) is 10. The number of likely N-dealkylation sites (N-methyl/N-ethyl adjacent to an activating group) is 2. The summed E-state index contributed by atoms with van der Waals surface area (Å²) in [4.78, 5) is 54.5. The van der Waals surface area contributed by atoms with Crippen LogP contribution in [0.2, 0.25) is 20.1 Å². The number of aliphatic hydroxyl groups is 2. The second-order valence-electron chi connectivity index (χ2n) is 16.9. The van der Waals surface area contributed by atoms with Gasteiger partial charge in [0, 0.05) is 98.6 Å². The predicted octanol–water partition coefficient (Wildman–Crippen LogP) is 7.78. The fourth-order valence-electron chi connectivity index (χ4n) is 8.24. The van der Waals surface area contributed by atoms with E-state index in [1.165, 1.54) is 34.0 Å². The van der Waals surface area contributed by atoms with Crippen molar-refractivity contribution in [2.24, 2.45) is 0 Å². The van der Waals surface area contributed by atoms with Gasteiger partial charge in [-0.1, -0.05) is 70.3 Å². The van der Waals surface area contributed by atoms with E-state index in [2.05, 4.69) is 58.9 Å². The molecule has 6 aromatic rings. The van der Waals surface area contributed by atoms with Crippen LogP contribution >= 0.6 is 58.2 Å². The standard InChI is InChI=1S/C24H24Cl2N6O3.C13H9Cl2N3O2S.C12H19N3O/c1-30-7-9-31(10-8-30)20-6-5-16(11-15(20)13-33)28-24-27-12-17-22(29-24)35-14-32(23(17)34)21-18(25)3-2-4-19(21)26;1-21-13-16-5-7-11(17-13)20-6-18(12(7)19)10-8(14)3-2-4-9(10)15;1-14-4-6-15(7-5-14)12-3-2-11(13)8-10(12)9-16/h2-6,11-12,33H,7-10,13-14H2,1H3,(H,27,28,29);2-5H,6H2,1H3;2-3,8,16H,4-7,9,13H2,1H3.